The van der Waals surface area contributed by atoms with Crippen molar-refractivity contribution in [2.24, 2.45) is 0 Å². The zero-order valence-corrected chi connectivity index (χ0v) is 76.0. The first-order valence-corrected chi connectivity index (χ1v) is 42.7. The van der Waals surface area contributed by atoms with Gasteiger partial charge in [0.2, 0.25) is 0 Å². The second kappa shape index (κ2) is 34.0. The van der Waals surface area contributed by atoms with Gasteiger partial charge >= 0.3 is 0 Å². The summed E-state index contributed by atoms with van der Waals surface area (Å²) in [5.41, 5.74) is 16.8. The first-order valence-electron chi connectivity index (χ1n) is 42.7. The molecule has 15 nitrogen and oxygen atoms in total. The van der Waals surface area contributed by atoms with Crippen LogP contribution in [0.15, 0.2) is 48.5 Å². The Hall–Kier alpha value is -11.1. The number of H-pyrrole nitrogens is 5. The number of aromatic nitrogens is 5. The number of hydrogen-bond donors (Lipinski definition) is 5. The molecule has 5 aliphatic rings. The molecule has 5 aliphatic heterocycles. The van der Waals surface area contributed by atoms with E-state index in [1.165, 1.54) is 87.2 Å². The number of hydrogen-bond acceptors (Lipinski definition) is 10. The Morgan fingerprint density at radius 1 is 0.218 bits per heavy atom. The molecule has 119 heavy (non-hydrogen) atoms. The largest absolute Gasteiger partial charge is 0.486 e. The van der Waals surface area contributed by atoms with Gasteiger partial charge in [0.1, 0.15) is 66.1 Å². The fourth-order valence-corrected chi connectivity index (χ4v) is 17.5. The van der Waals surface area contributed by atoms with Crippen LogP contribution in [0.4, 0.5) is 0 Å². The normalized spacial score (nSPS) is 16.1. The first-order chi connectivity index (χ1) is 56.6. The number of aromatic amines is 5. The van der Waals surface area contributed by atoms with E-state index in [1.807, 2.05) is 27.7 Å². The van der Waals surface area contributed by atoms with Crippen LogP contribution in [-0.2, 0) is 21.7 Å². The van der Waals surface area contributed by atoms with Crippen molar-refractivity contribution >= 4 is 115 Å². The predicted octanol–water partition coefficient (Wildman–Crippen LogP) is 18.1. The van der Waals surface area contributed by atoms with E-state index in [9.17, 15) is 0 Å². The molecule has 5 N–H and O–H groups in total. The van der Waals surface area contributed by atoms with E-state index < -0.39 is 0 Å². The predicted molar refractivity (Wildman–Crippen MR) is 498 cm³/mol. The van der Waals surface area contributed by atoms with Gasteiger partial charge in [-0.1, -0.05) is 180 Å². The van der Waals surface area contributed by atoms with Crippen molar-refractivity contribution in [3.05, 3.63) is 158 Å². The molecule has 0 fully saturated rings. The standard InChI is InChI=1S/C42H55NO2.2C16H19NO2.2C15H17NO2/c1-15-31-35-33(25-19-27(39(3,4)5)23-28(20-25)40(6,7)8)37-38(45-18-17-44-37)34(36(35)32(16-2)43-31)26-21-29(41(9,10)11)24-30(22-26)42(12,13)14;2*1-5-11-13-9(3)15-16(19-8-7-18-15)10(4)14(13)12(6-2)17-11;2*1-4-11-10-8-13-15(18-7-6-17-13)9(3)14(10)12(5-2)16-11/h15-16,19-24,43H,17-18H2,1-14H3;2*5-6,17H,7-8H2,1-4H3;2*4-5,8,16H,6-7H2,1-3H3/b31-15-,32-16-;2*11-5-,12-6-;2*11-4-,12-5-. The van der Waals surface area contributed by atoms with Crippen molar-refractivity contribution in [1.29, 1.82) is 0 Å². The minimum Gasteiger partial charge on any atom is -0.486 e. The van der Waals surface area contributed by atoms with Gasteiger partial charge in [0, 0.05) is 152 Å². The van der Waals surface area contributed by atoms with Gasteiger partial charge < -0.3 is 72.3 Å². The van der Waals surface area contributed by atoms with Crippen LogP contribution in [0, 0.1) is 41.5 Å². The van der Waals surface area contributed by atoms with E-state index in [0.29, 0.717) is 66.1 Å². The maximum absolute atomic E-state index is 6.70. The Balaban J connectivity index is 0.000000138. The number of benzene rings is 7. The summed E-state index contributed by atoms with van der Waals surface area (Å²) >= 11 is 0. The molecule has 12 aromatic rings. The second-order valence-corrected chi connectivity index (χ2v) is 35.7. The smallest absolute Gasteiger partial charge is 0.170 e. The van der Waals surface area contributed by atoms with Crippen LogP contribution in [-0.4, -0.2) is 91.0 Å². The fraction of sp³-hybridized carbons (Fsp3) is 0.404. The van der Waals surface area contributed by atoms with Crippen LogP contribution in [0.25, 0.3) is 137 Å². The lowest BCUT2D eigenvalue weighted by Gasteiger charge is -2.30. The Labute approximate surface area is 701 Å². The number of aryl methyl sites for hydroxylation is 6. The molecule has 0 saturated heterocycles. The van der Waals surface area contributed by atoms with Gasteiger partial charge in [-0.05, 0) is 178 Å². The summed E-state index contributed by atoms with van der Waals surface area (Å²) in [7, 11) is 0. The SMILES string of the molecule is C/C=c1\[nH]/c(=C\C)c2c(-c3cc(C(C)(C)C)cc(C(C)(C)C)c3)c3c(c(-c4cc(C(C)(C)C)cc(C(C)(C)C)c4)c12)OCCO3.C/C=c1\[nH]/c(=C\C)c2c(C)c3c(c(C)c12)OCCO3.C/C=c1\[nH]/c(=C\C)c2c(C)c3c(c(C)c12)OCCO3.C/C=c1\[nH]/c(=C\C)c2c(C)c3c(cc12)OCCO3.C/C=c1\[nH]/c(=C\C)c2c(C)c3c(cc12)OCCO3. The highest BCUT2D eigenvalue weighted by molar-refractivity contribution is 6.12. The molecule has 0 radical (unpaired) electrons. The molecule has 0 spiro atoms. The summed E-state index contributed by atoms with van der Waals surface area (Å²) in [6, 6.07) is 18.4. The molecule has 0 atom stereocenters. The van der Waals surface area contributed by atoms with E-state index in [0.717, 1.165) is 155 Å². The Kier molecular flexibility index (Phi) is 24.5. The zero-order chi connectivity index (χ0) is 85.8. The summed E-state index contributed by atoms with van der Waals surface area (Å²) in [5, 5.41) is 23.6. The third-order valence-corrected chi connectivity index (χ3v) is 23.9. The molecular formula is C104H127N5O10. The summed E-state index contributed by atoms with van der Waals surface area (Å²) in [4.78, 5) is 17.6. The maximum Gasteiger partial charge on any atom is 0.170 e. The molecule has 0 amide bonds. The van der Waals surface area contributed by atoms with Crippen molar-refractivity contribution in [1.82, 2.24) is 24.9 Å². The topological polar surface area (TPSA) is 171 Å². The molecule has 17 rings (SSSR count). The average molecular weight is 1610 g/mol. The Morgan fingerprint density at radius 2 is 0.412 bits per heavy atom. The van der Waals surface area contributed by atoms with Gasteiger partial charge in [-0.2, -0.15) is 0 Å². The maximum atomic E-state index is 6.70. The highest BCUT2D eigenvalue weighted by Gasteiger charge is 2.34. The van der Waals surface area contributed by atoms with E-state index >= 15 is 0 Å². The van der Waals surface area contributed by atoms with Crippen molar-refractivity contribution in [3.8, 4) is 79.7 Å². The minimum absolute atomic E-state index is 0.0105. The lowest BCUT2D eigenvalue weighted by Crippen LogP contribution is -2.19. The van der Waals surface area contributed by atoms with Crippen molar-refractivity contribution in [2.45, 2.75) is 216 Å². The molecule has 0 saturated carbocycles. The molecule has 5 aromatic heterocycles. The number of fused-ring (bicyclic) bond motifs is 10. The van der Waals surface area contributed by atoms with E-state index in [2.05, 4.69) is 300 Å². The summed E-state index contributed by atoms with van der Waals surface area (Å²) in [5.74, 6) is 8.80. The first kappa shape index (κ1) is 85.8. The van der Waals surface area contributed by atoms with Crippen molar-refractivity contribution in [2.75, 3.05) is 66.1 Å². The third-order valence-electron chi connectivity index (χ3n) is 23.9. The highest BCUT2D eigenvalue weighted by atomic mass is 16.6. The minimum atomic E-state index is -0.0105. The average Bonchev–Trinajstić information content (AvgIpc) is 1.67. The number of nitrogens with one attached hydrogen (secondary N) is 5. The monoisotopic (exact) mass is 1610 g/mol. The Morgan fingerprint density at radius 3 is 0.647 bits per heavy atom. The molecule has 0 aliphatic carbocycles. The fourth-order valence-electron chi connectivity index (χ4n) is 17.5. The molecular weight excluding hydrogens is 1480 g/mol. The van der Waals surface area contributed by atoms with Crippen LogP contribution in [0.2, 0.25) is 0 Å². The van der Waals surface area contributed by atoms with Gasteiger partial charge in [0.25, 0.3) is 0 Å². The molecule has 628 valence electrons. The second-order valence-electron chi connectivity index (χ2n) is 35.7. The van der Waals surface area contributed by atoms with Gasteiger partial charge in [-0.15, -0.1) is 0 Å². The highest BCUT2D eigenvalue weighted by Crippen LogP contribution is 2.53. The molecule has 15 heteroatoms. The number of rotatable bonds is 2. The van der Waals surface area contributed by atoms with Gasteiger partial charge in [0.15, 0.2) is 57.5 Å². The quantitative estimate of drug-likeness (QED) is 0.112. The molecule has 10 heterocycles. The van der Waals surface area contributed by atoms with Crippen LogP contribution < -0.4 is 101 Å². The van der Waals surface area contributed by atoms with Crippen LogP contribution in [0.5, 0.6) is 57.5 Å². The van der Waals surface area contributed by atoms with Gasteiger partial charge in [-0.25, -0.2) is 0 Å². The lowest BCUT2D eigenvalue weighted by atomic mass is 9.77. The molecule has 7 aromatic carbocycles. The van der Waals surface area contributed by atoms with Crippen LogP contribution in [0.3, 0.4) is 0 Å². The molecule has 0 bridgehead atoms. The van der Waals surface area contributed by atoms with E-state index in [1.54, 1.807) is 0 Å². The zero-order valence-electron chi connectivity index (χ0n) is 76.0. The Bertz CT molecular complexity index is 6090. The van der Waals surface area contributed by atoms with Crippen LogP contribution >= 0.6 is 0 Å². The summed E-state index contributed by atoms with van der Waals surface area (Å²) in [6.45, 7) is 66.9. The van der Waals surface area contributed by atoms with E-state index in [4.69, 9.17) is 47.4 Å². The summed E-state index contributed by atoms with van der Waals surface area (Å²) in [6.07, 6.45) is 21.2. The summed E-state index contributed by atoms with van der Waals surface area (Å²) < 4.78 is 59.6. The number of ether oxygens (including phenoxy) is 10. The van der Waals surface area contributed by atoms with Gasteiger partial charge in [-0.3, -0.25) is 0 Å². The molecule has 0 unspecified atom stereocenters. The third kappa shape index (κ3) is 15.9. The van der Waals surface area contributed by atoms with E-state index in [-0.39, 0.29) is 21.7 Å². The van der Waals surface area contributed by atoms with Gasteiger partial charge in [0.05, 0.1) is 0 Å². The van der Waals surface area contributed by atoms with Crippen molar-refractivity contribution < 1.29 is 47.4 Å². The lowest BCUT2D eigenvalue weighted by molar-refractivity contribution is 0.170. The van der Waals surface area contributed by atoms with Crippen LogP contribution in [0.1, 0.15) is 208 Å². The van der Waals surface area contributed by atoms with Crippen molar-refractivity contribution in [3.63, 3.8) is 0 Å².